The van der Waals surface area contributed by atoms with E-state index in [1.165, 1.54) is 0 Å². The maximum absolute atomic E-state index is 12.0. The molecule has 0 aliphatic heterocycles. The quantitative estimate of drug-likeness (QED) is 0.793. The molecule has 18 heavy (non-hydrogen) atoms. The zero-order valence-corrected chi connectivity index (χ0v) is 11.9. The van der Waals surface area contributed by atoms with Gasteiger partial charge in [0, 0.05) is 6.42 Å². The summed E-state index contributed by atoms with van der Waals surface area (Å²) in [7, 11) is 0. The molecule has 104 valence electrons. The minimum Gasteiger partial charge on any atom is -0.444 e. The summed E-state index contributed by atoms with van der Waals surface area (Å²) in [6.07, 6.45) is 4.00. The molecule has 0 aromatic rings. The van der Waals surface area contributed by atoms with Crippen molar-refractivity contribution in [1.29, 1.82) is 0 Å². The van der Waals surface area contributed by atoms with Gasteiger partial charge in [0.15, 0.2) is 5.78 Å². The van der Waals surface area contributed by atoms with Crippen LogP contribution in [0.5, 0.6) is 0 Å². The van der Waals surface area contributed by atoms with Gasteiger partial charge in [0.2, 0.25) is 0 Å². The van der Waals surface area contributed by atoms with E-state index in [9.17, 15) is 9.59 Å². The first-order valence-corrected chi connectivity index (χ1v) is 6.85. The molecule has 0 aromatic heterocycles. The molecule has 0 heterocycles. The Morgan fingerprint density at radius 3 is 2.39 bits per heavy atom. The minimum atomic E-state index is -0.523. The molecule has 0 aromatic carbocycles. The third-order valence-electron chi connectivity index (χ3n) is 2.89. The second-order valence-electron chi connectivity index (χ2n) is 6.03. The van der Waals surface area contributed by atoms with Crippen molar-refractivity contribution in [2.24, 2.45) is 5.92 Å². The third kappa shape index (κ3) is 5.52. The van der Waals surface area contributed by atoms with Crippen LogP contribution in [0.25, 0.3) is 0 Å². The van der Waals surface area contributed by atoms with E-state index < -0.39 is 11.7 Å². The molecule has 1 aliphatic carbocycles. The van der Waals surface area contributed by atoms with Crippen molar-refractivity contribution in [2.45, 2.75) is 71.4 Å². The van der Waals surface area contributed by atoms with E-state index in [0.717, 1.165) is 25.7 Å². The lowest BCUT2D eigenvalue weighted by Crippen LogP contribution is -2.44. The molecule has 1 N–H and O–H groups in total. The fourth-order valence-corrected chi connectivity index (χ4v) is 1.83. The summed E-state index contributed by atoms with van der Waals surface area (Å²) < 4.78 is 5.20. The van der Waals surface area contributed by atoms with Crippen LogP contribution in [0.15, 0.2) is 0 Å². The zero-order valence-electron chi connectivity index (χ0n) is 11.9. The fraction of sp³-hybridized carbons (Fsp3) is 0.857. The van der Waals surface area contributed by atoms with Gasteiger partial charge in [0.05, 0.1) is 6.04 Å². The van der Waals surface area contributed by atoms with Crippen LogP contribution in [-0.4, -0.2) is 23.5 Å². The maximum atomic E-state index is 12.0. The molecular formula is C14H25NO3. The van der Waals surface area contributed by atoms with Gasteiger partial charge >= 0.3 is 6.09 Å². The minimum absolute atomic E-state index is 0.144. The second kappa shape index (κ2) is 6.21. The van der Waals surface area contributed by atoms with Gasteiger partial charge in [-0.25, -0.2) is 4.79 Å². The number of ether oxygens (including phenoxy) is 1. The molecule has 1 atom stereocenters. The van der Waals surface area contributed by atoms with Crippen molar-refractivity contribution in [3.8, 4) is 0 Å². The van der Waals surface area contributed by atoms with E-state index in [-0.39, 0.29) is 11.8 Å². The number of ketones is 1. The number of carbonyl (C=O) groups is 2. The standard InChI is InChI=1S/C14H25NO3/c1-5-6-7-11(16)12(10-8-9-10)15-13(17)18-14(2,3)4/h10,12H,5-9H2,1-4H3,(H,15,17). The van der Waals surface area contributed by atoms with Gasteiger partial charge in [0.25, 0.3) is 0 Å². The molecule has 1 saturated carbocycles. The molecule has 1 fully saturated rings. The van der Waals surface area contributed by atoms with Crippen LogP contribution in [0.4, 0.5) is 4.79 Å². The maximum Gasteiger partial charge on any atom is 0.408 e. The number of unbranched alkanes of at least 4 members (excludes halogenated alkanes) is 1. The van der Waals surface area contributed by atoms with Gasteiger partial charge in [-0.3, -0.25) is 4.79 Å². The summed E-state index contributed by atoms with van der Waals surface area (Å²) in [5.41, 5.74) is -0.523. The molecular weight excluding hydrogens is 230 g/mol. The molecule has 0 bridgehead atoms. The third-order valence-corrected chi connectivity index (χ3v) is 2.89. The number of amides is 1. The first kappa shape index (κ1) is 15.0. The van der Waals surface area contributed by atoms with E-state index >= 15 is 0 Å². The van der Waals surface area contributed by atoms with Gasteiger partial charge in [-0.2, -0.15) is 0 Å². The normalized spacial score (nSPS) is 17.1. The Morgan fingerprint density at radius 2 is 1.94 bits per heavy atom. The molecule has 0 saturated heterocycles. The lowest BCUT2D eigenvalue weighted by molar-refractivity contribution is -0.121. The number of nitrogens with one attached hydrogen (secondary N) is 1. The molecule has 0 spiro atoms. The predicted molar refractivity (Wildman–Crippen MR) is 70.4 cm³/mol. The summed E-state index contributed by atoms with van der Waals surface area (Å²) in [5, 5.41) is 2.73. The second-order valence-corrected chi connectivity index (χ2v) is 6.03. The van der Waals surface area contributed by atoms with Crippen molar-refractivity contribution in [3.63, 3.8) is 0 Å². The average Bonchev–Trinajstić information content (AvgIpc) is 3.03. The van der Waals surface area contributed by atoms with E-state index in [1.807, 2.05) is 20.8 Å². The smallest absolute Gasteiger partial charge is 0.408 e. The van der Waals surface area contributed by atoms with Gasteiger partial charge in [-0.1, -0.05) is 13.3 Å². The summed E-state index contributed by atoms with van der Waals surface area (Å²) in [5.74, 6) is 0.465. The van der Waals surface area contributed by atoms with E-state index in [4.69, 9.17) is 4.74 Å². The highest BCUT2D eigenvalue weighted by Crippen LogP contribution is 2.33. The Bertz CT molecular complexity index is 303. The molecule has 4 nitrogen and oxygen atoms in total. The zero-order chi connectivity index (χ0) is 13.8. The monoisotopic (exact) mass is 255 g/mol. The van der Waals surface area contributed by atoms with Gasteiger partial charge in [-0.15, -0.1) is 0 Å². The molecule has 1 unspecified atom stereocenters. The van der Waals surface area contributed by atoms with Crippen molar-refractivity contribution >= 4 is 11.9 Å². The summed E-state index contributed by atoms with van der Waals surface area (Å²) in [6.45, 7) is 7.51. The Kier molecular flexibility index (Phi) is 5.17. The molecule has 4 heteroatoms. The number of hydrogen-bond acceptors (Lipinski definition) is 3. The fourth-order valence-electron chi connectivity index (χ4n) is 1.83. The van der Waals surface area contributed by atoms with Crippen molar-refractivity contribution in [2.75, 3.05) is 0 Å². The van der Waals surface area contributed by atoms with Crippen molar-refractivity contribution in [1.82, 2.24) is 5.32 Å². The highest BCUT2D eigenvalue weighted by Gasteiger charge is 2.37. The van der Waals surface area contributed by atoms with E-state index in [2.05, 4.69) is 12.2 Å². The summed E-state index contributed by atoms with van der Waals surface area (Å²) in [4.78, 5) is 23.7. The van der Waals surface area contributed by atoms with Crippen LogP contribution in [0.3, 0.4) is 0 Å². The molecule has 1 amide bonds. The number of rotatable bonds is 6. The molecule has 0 radical (unpaired) electrons. The van der Waals surface area contributed by atoms with Crippen LogP contribution in [0.1, 0.15) is 59.8 Å². The number of hydrogen-bond donors (Lipinski definition) is 1. The Labute approximate surface area is 109 Å². The molecule has 1 rings (SSSR count). The highest BCUT2D eigenvalue weighted by atomic mass is 16.6. The summed E-state index contributed by atoms with van der Waals surface area (Å²) in [6, 6.07) is -0.341. The Balaban J connectivity index is 2.47. The van der Waals surface area contributed by atoms with Crippen LogP contribution in [0, 0.1) is 5.92 Å². The van der Waals surface area contributed by atoms with E-state index in [0.29, 0.717) is 12.3 Å². The van der Waals surface area contributed by atoms with Crippen LogP contribution in [-0.2, 0) is 9.53 Å². The Hall–Kier alpha value is -1.06. The number of Topliss-reactive ketones (excluding diaryl/α,β-unsaturated/α-hetero) is 1. The Morgan fingerprint density at radius 1 is 1.33 bits per heavy atom. The lowest BCUT2D eigenvalue weighted by Gasteiger charge is -2.23. The van der Waals surface area contributed by atoms with Crippen LogP contribution < -0.4 is 5.32 Å². The van der Waals surface area contributed by atoms with Crippen LogP contribution >= 0.6 is 0 Å². The van der Waals surface area contributed by atoms with E-state index in [1.54, 1.807) is 0 Å². The van der Waals surface area contributed by atoms with Crippen molar-refractivity contribution < 1.29 is 14.3 Å². The predicted octanol–water partition coefficient (Wildman–Crippen LogP) is 3.05. The first-order valence-electron chi connectivity index (χ1n) is 6.85. The average molecular weight is 255 g/mol. The van der Waals surface area contributed by atoms with Gasteiger partial charge in [0.1, 0.15) is 5.60 Å². The largest absolute Gasteiger partial charge is 0.444 e. The van der Waals surface area contributed by atoms with Crippen LogP contribution in [0.2, 0.25) is 0 Å². The SMILES string of the molecule is CCCCC(=O)C(NC(=O)OC(C)(C)C)C1CC1. The summed E-state index contributed by atoms with van der Waals surface area (Å²) >= 11 is 0. The lowest BCUT2D eigenvalue weighted by atomic mass is 10.0. The molecule has 1 aliphatic rings. The van der Waals surface area contributed by atoms with Gasteiger partial charge < -0.3 is 10.1 Å². The number of carbonyl (C=O) groups excluding carboxylic acids is 2. The number of alkyl carbamates (subject to hydrolysis) is 1. The topological polar surface area (TPSA) is 55.4 Å². The first-order chi connectivity index (χ1) is 8.33. The highest BCUT2D eigenvalue weighted by molar-refractivity contribution is 5.88. The van der Waals surface area contributed by atoms with Gasteiger partial charge in [-0.05, 0) is 46.0 Å². The van der Waals surface area contributed by atoms with Crippen molar-refractivity contribution in [3.05, 3.63) is 0 Å².